The molecule has 0 aliphatic carbocycles. The smallest absolute Gasteiger partial charge is 0.258 e. The highest BCUT2D eigenvalue weighted by Gasteiger charge is 2.08. The summed E-state index contributed by atoms with van der Waals surface area (Å²) < 4.78 is 7.08. The highest BCUT2D eigenvalue weighted by atomic mass is 35.5. The van der Waals surface area contributed by atoms with E-state index in [1.807, 2.05) is 30.3 Å². The second-order valence-corrected chi connectivity index (χ2v) is 5.70. The molecule has 2 aromatic carbocycles. The molecule has 0 saturated heterocycles. The average Bonchev–Trinajstić information content (AvgIpc) is 2.57. The normalized spacial score (nSPS) is 10.5. The predicted octanol–water partition coefficient (Wildman–Crippen LogP) is 4.72. The maximum atomic E-state index is 12.3. The number of hydrogen-bond donors (Lipinski definition) is 0. The topological polar surface area (TPSA) is 31.2 Å². The van der Waals surface area contributed by atoms with Gasteiger partial charge in [-0.3, -0.25) is 9.36 Å². The van der Waals surface area contributed by atoms with Gasteiger partial charge in [0, 0.05) is 12.3 Å². The third-order valence-corrected chi connectivity index (χ3v) is 4.14. The monoisotopic (exact) mass is 345 g/mol. The summed E-state index contributed by atoms with van der Waals surface area (Å²) in [5.74, 6) is 0.508. The average molecular weight is 346 g/mol. The van der Waals surface area contributed by atoms with Crippen molar-refractivity contribution in [3.05, 3.63) is 92.8 Å². The molecular weight excluding hydrogens is 333 g/mol. The number of rotatable bonds is 4. The fourth-order valence-electron chi connectivity index (χ4n) is 2.17. The minimum Gasteiger partial charge on any atom is -0.489 e. The van der Waals surface area contributed by atoms with Crippen LogP contribution in [0.3, 0.4) is 0 Å². The quantitative estimate of drug-likeness (QED) is 0.684. The number of ether oxygens (including phenoxy) is 1. The molecule has 0 saturated carbocycles. The molecule has 0 N–H and O–H groups in total. The molecule has 0 radical (unpaired) electrons. The Kier molecular flexibility index (Phi) is 4.70. The van der Waals surface area contributed by atoms with E-state index in [1.54, 1.807) is 30.5 Å². The third kappa shape index (κ3) is 3.58. The van der Waals surface area contributed by atoms with Gasteiger partial charge in [-0.15, -0.1) is 0 Å². The van der Waals surface area contributed by atoms with Gasteiger partial charge in [-0.25, -0.2) is 0 Å². The lowest BCUT2D eigenvalue weighted by Gasteiger charge is -2.11. The molecule has 1 aromatic heterocycles. The van der Waals surface area contributed by atoms with E-state index in [1.165, 1.54) is 10.6 Å². The molecule has 3 nitrogen and oxygen atoms in total. The Bertz CT molecular complexity index is 876. The van der Waals surface area contributed by atoms with Crippen LogP contribution in [0.2, 0.25) is 10.0 Å². The first-order valence-corrected chi connectivity index (χ1v) is 7.74. The molecule has 0 amide bonds. The van der Waals surface area contributed by atoms with Gasteiger partial charge < -0.3 is 4.74 Å². The van der Waals surface area contributed by atoms with Crippen molar-refractivity contribution in [1.29, 1.82) is 0 Å². The van der Waals surface area contributed by atoms with Crippen molar-refractivity contribution >= 4 is 23.2 Å². The summed E-state index contributed by atoms with van der Waals surface area (Å²) in [6.07, 6.45) is 1.63. The molecule has 116 valence electrons. The van der Waals surface area contributed by atoms with E-state index in [4.69, 9.17) is 27.9 Å². The summed E-state index contributed by atoms with van der Waals surface area (Å²) in [7, 11) is 0. The van der Waals surface area contributed by atoms with Crippen LogP contribution in [0.5, 0.6) is 5.75 Å². The maximum absolute atomic E-state index is 12.3. The van der Waals surface area contributed by atoms with Crippen molar-refractivity contribution in [3.8, 4) is 11.4 Å². The summed E-state index contributed by atoms with van der Waals surface area (Å²) in [4.78, 5) is 12.3. The second kappa shape index (κ2) is 6.90. The highest BCUT2D eigenvalue weighted by Crippen LogP contribution is 2.27. The zero-order valence-corrected chi connectivity index (χ0v) is 13.6. The minimum absolute atomic E-state index is 0.236. The van der Waals surface area contributed by atoms with E-state index in [2.05, 4.69) is 0 Å². The first-order chi connectivity index (χ1) is 11.1. The Labute approximate surface area is 143 Å². The van der Waals surface area contributed by atoms with E-state index in [-0.39, 0.29) is 5.56 Å². The third-order valence-electron chi connectivity index (χ3n) is 3.33. The first kappa shape index (κ1) is 15.7. The van der Waals surface area contributed by atoms with Crippen LogP contribution in [0.4, 0.5) is 0 Å². The van der Waals surface area contributed by atoms with Gasteiger partial charge in [0.05, 0.1) is 15.7 Å². The zero-order chi connectivity index (χ0) is 16.2. The number of benzene rings is 2. The molecule has 0 atom stereocenters. The largest absolute Gasteiger partial charge is 0.489 e. The van der Waals surface area contributed by atoms with Crippen LogP contribution in [-0.4, -0.2) is 4.57 Å². The summed E-state index contributed by atoms with van der Waals surface area (Å²) in [6, 6.07) is 18.1. The van der Waals surface area contributed by atoms with Crippen LogP contribution in [0.1, 0.15) is 5.56 Å². The van der Waals surface area contributed by atoms with Crippen LogP contribution < -0.4 is 10.3 Å². The van der Waals surface area contributed by atoms with E-state index in [0.717, 1.165) is 5.56 Å². The maximum Gasteiger partial charge on any atom is 0.258 e. The van der Waals surface area contributed by atoms with E-state index < -0.39 is 0 Å². The van der Waals surface area contributed by atoms with Crippen molar-refractivity contribution in [3.63, 3.8) is 0 Å². The Hall–Kier alpha value is -2.23. The molecule has 5 heteroatoms. The Morgan fingerprint density at radius 1 is 0.957 bits per heavy atom. The molecular formula is C18H13Cl2NO2. The van der Waals surface area contributed by atoms with Gasteiger partial charge in [0.15, 0.2) is 0 Å². The van der Waals surface area contributed by atoms with Gasteiger partial charge in [-0.1, -0.05) is 59.6 Å². The van der Waals surface area contributed by atoms with Gasteiger partial charge in [0.25, 0.3) is 5.56 Å². The lowest BCUT2D eigenvalue weighted by atomic mass is 10.2. The van der Waals surface area contributed by atoms with E-state index >= 15 is 0 Å². The zero-order valence-electron chi connectivity index (χ0n) is 12.1. The van der Waals surface area contributed by atoms with Crippen LogP contribution in [0.15, 0.2) is 71.7 Å². The molecule has 0 bridgehead atoms. The molecule has 23 heavy (non-hydrogen) atoms. The van der Waals surface area contributed by atoms with Crippen LogP contribution >= 0.6 is 23.2 Å². The minimum atomic E-state index is -0.236. The summed E-state index contributed by atoms with van der Waals surface area (Å²) >= 11 is 12.2. The molecule has 0 spiro atoms. The van der Waals surface area contributed by atoms with Gasteiger partial charge in [-0.2, -0.15) is 0 Å². The summed E-state index contributed by atoms with van der Waals surface area (Å²) in [5, 5.41) is 0.745. The molecule has 0 unspecified atom stereocenters. The number of hydrogen-bond acceptors (Lipinski definition) is 2. The van der Waals surface area contributed by atoms with Crippen molar-refractivity contribution < 1.29 is 4.74 Å². The Morgan fingerprint density at radius 2 is 1.74 bits per heavy atom. The summed E-state index contributed by atoms with van der Waals surface area (Å²) in [6.45, 7) is 0.405. The summed E-state index contributed by atoms with van der Waals surface area (Å²) in [5.41, 5.74) is 1.34. The molecule has 1 heterocycles. The lowest BCUT2D eigenvalue weighted by molar-refractivity contribution is 0.305. The van der Waals surface area contributed by atoms with Crippen molar-refractivity contribution in [1.82, 2.24) is 4.57 Å². The van der Waals surface area contributed by atoms with Gasteiger partial charge in [0.1, 0.15) is 12.4 Å². The van der Waals surface area contributed by atoms with Crippen LogP contribution in [0.25, 0.3) is 5.69 Å². The first-order valence-electron chi connectivity index (χ1n) is 6.99. The van der Waals surface area contributed by atoms with Gasteiger partial charge >= 0.3 is 0 Å². The number of pyridine rings is 1. The Morgan fingerprint density at radius 3 is 2.48 bits per heavy atom. The van der Waals surface area contributed by atoms with Crippen LogP contribution in [0, 0.1) is 0 Å². The number of halogens is 2. The fraction of sp³-hybridized carbons (Fsp3) is 0.0556. The SMILES string of the molecule is O=c1cc(OCc2ccccc2)ccn1-c1cccc(Cl)c1Cl. The van der Waals surface area contributed by atoms with E-state index in [9.17, 15) is 4.79 Å². The van der Waals surface area contributed by atoms with Gasteiger partial charge in [-0.05, 0) is 23.8 Å². The lowest BCUT2D eigenvalue weighted by Crippen LogP contribution is -2.17. The molecule has 0 fully saturated rings. The molecule has 3 aromatic rings. The molecule has 0 aliphatic rings. The molecule has 3 rings (SSSR count). The van der Waals surface area contributed by atoms with E-state index in [0.29, 0.717) is 28.1 Å². The highest BCUT2D eigenvalue weighted by molar-refractivity contribution is 6.43. The van der Waals surface area contributed by atoms with Crippen molar-refractivity contribution in [2.75, 3.05) is 0 Å². The Balaban J connectivity index is 1.84. The van der Waals surface area contributed by atoms with Crippen molar-refractivity contribution in [2.24, 2.45) is 0 Å². The molecule has 0 aliphatic heterocycles. The van der Waals surface area contributed by atoms with Crippen LogP contribution in [-0.2, 0) is 6.61 Å². The number of aromatic nitrogens is 1. The fourth-order valence-corrected chi connectivity index (χ4v) is 2.56. The standard InChI is InChI=1S/C18H13Cl2NO2/c19-15-7-4-8-16(18(15)20)21-10-9-14(11-17(21)22)23-12-13-5-2-1-3-6-13/h1-11H,12H2. The predicted molar refractivity (Wildman–Crippen MR) is 92.8 cm³/mol. The van der Waals surface area contributed by atoms with Crippen molar-refractivity contribution in [2.45, 2.75) is 6.61 Å². The second-order valence-electron chi connectivity index (χ2n) is 4.92. The number of nitrogens with zero attached hydrogens (tertiary/aromatic N) is 1. The van der Waals surface area contributed by atoms with Gasteiger partial charge in [0.2, 0.25) is 0 Å².